The van der Waals surface area contributed by atoms with Crippen molar-refractivity contribution in [2.75, 3.05) is 31.1 Å². The van der Waals surface area contributed by atoms with Crippen LogP contribution >= 0.6 is 0 Å². The van der Waals surface area contributed by atoms with E-state index in [-0.39, 0.29) is 5.91 Å². The Bertz CT molecular complexity index is 1490. The summed E-state index contributed by atoms with van der Waals surface area (Å²) in [6, 6.07) is 13.5. The van der Waals surface area contributed by atoms with Gasteiger partial charge in [-0.2, -0.15) is 15.0 Å². The van der Waals surface area contributed by atoms with Gasteiger partial charge in [-0.05, 0) is 56.5 Å². The number of pyridine rings is 3. The number of fused-ring (bicyclic) bond motifs is 1. The molecule has 2 fully saturated rings. The molecule has 36 heavy (non-hydrogen) atoms. The zero-order valence-electron chi connectivity index (χ0n) is 20.1. The van der Waals surface area contributed by atoms with Crippen molar-refractivity contribution in [2.45, 2.75) is 32.1 Å². The molecule has 4 aromatic heterocycles. The van der Waals surface area contributed by atoms with Gasteiger partial charge in [0.05, 0.1) is 22.2 Å². The summed E-state index contributed by atoms with van der Waals surface area (Å²) in [5.41, 5.74) is 3.61. The molecule has 0 radical (unpaired) electrons. The summed E-state index contributed by atoms with van der Waals surface area (Å²) in [7, 11) is 0. The molecule has 0 N–H and O–H groups in total. The van der Waals surface area contributed by atoms with E-state index in [4.69, 9.17) is 10.1 Å². The molecule has 0 unspecified atom stereocenters. The zero-order chi connectivity index (χ0) is 24.6. The molecule has 5 heterocycles. The van der Waals surface area contributed by atoms with Crippen molar-refractivity contribution in [3.05, 3.63) is 71.3 Å². The first-order valence-electron chi connectivity index (χ1n) is 12.3. The molecule has 1 amide bonds. The van der Waals surface area contributed by atoms with Crippen molar-refractivity contribution in [3.8, 4) is 11.9 Å². The number of hydrogen-bond donors (Lipinski definition) is 0. The smallest absolute Gasteiger partial charge is 0.254 e. The Hall–Kier alpha value is -4.32. The van der Waals surface area contributed by atoms with Gasteiger partial charge in [-0.1, -0.05) is 6.07 Å². The topological polar surface area (TPSA) is 104 Å². The molecule has 4 aromatic rings. The summed E-state index contributed by atoms with van der Waals surface area (Å²) < 4.78 is 1.75. The van der Waals surface area contributed by atoms with Gasteiger partial charge in [0.25, 0.3) is 5.91 Å². The van der Waals surface area contributed by atoms with Crippen molar-refractivity contribution in [3.63, 3.8) is 0 Å². The minimum atomic E-state index is -0.00338. The van der Waals surface area contributed by atoms with Gasteiger partial charge in [-0.3, -0.25) is 4.79 Å². The standard InChI is InChI=1S/C27H26N8O/c1-18-24-21(16-22(19-8-9-19)31-26(24)35(32-18)23-7-2-3-10-29-23)27(36)34-13-5-12-33(14-15-34)25-20(17-28)6-4-11-30-25/h2-4,6-7,10-11,16,19H,5,8-9,12-15H2,1H3. The van der Waals surface area contributed by atoms with Crippen molar-refractivity contribution in [1.82, 2.24) is 29.6 Å². The van der Waals surface area contributed by atoms with Gasteiger partial charge in [-0.25, -0.2) is 15.0 Å². The van der Waals surface area contributed by atoms with Gasteiger partial charge in [0, 0.05) is 50.2 Å². The van der Waals surface area contributed by atoms with Crippen LogP contribution in [0.3, 0.4) is 0 Å². The van der Waals surface area contributed by atoms with Crippen LogP contribution in [0.25, 0.3) is 16.9 Å². The van der Waals surface area contributed by atoms with Crippen molar-refractivity contribution in [1.29, 1.82) is 5.26 Å². The quantitative estimate of drug-likeness (QED) is 0.441. The highest BCUT2D eigenvalue weighted by Crippen LogP contribution is 2.41. The summed E-state index contributed by atoms with van der Waals surface area (Å²) in [5.74, 6) is 1.76. The molecule has 1 aliphatic carbocycles. The van der Waals surface area contributed by atoms with Crippen LogP contribution in [0.5, 0.6) is 0 Å². The molecule has 9 nitrogen and oxygen atoms in total. The second-order valence-corrected chi connectivity index (χ2v) is 9.37. The third kappa shape index (κ3) is 3.94. The molecule has 0 bridgehead atoms. The number of carbonyl (C=O) groups excluding carboxylic acids is 1. The van der Waals surface area contributed by atoms with Crippen LogP contribution in [0, 0.1) is 18.3 Å². The molecular formula is C27H26N8O. The lowest BCUT2D eigenvalue weighted by Crippen LogP contribution is -2.35. The summed E-state index contributed by atoms with van der Waals surface area (Å²) >= 11 is 0. The maximum absolute atomic E-state index is 14.0. The third-order valence-electron chi connectivity index (χ3n) is 6.91. The van der Waals surface area contributed by atoms with Gasteiger partial charge < -0.3 is 9.80 Å². The first-order chi connectivity index (χ1) is 17.6. The molecule has 6 rings (SSSR count). The maximum atomic E-state index is 14.0. The molecule has 0 spiro atoms. The van der Waals surface area contributed by atoms with Crippen LogP contribution in [0.15, 0.2) is 48.8 Å². The number of rotatable bonds is 4. The molecule has 1 saturated carbocycles. The molecular weight excluding hydrogens is 452 g/mol. The number of anilines is 1. The Morgan fingerprint density at radius 2 is 1.92 bits per heavy atom. The van der Waals surface area contributed by atoms with Crippen LogP contribution in [-0.4, -0.2) is 61.7 Å². The zero-order valence-corrected chi connectivity index (χ0v) is 20.1. The molecule has 9 heteroatoms. The van der Waals surface area contributed by atoms with E-state index in [0.717, 1.165) is 42.6 Å². The minimum absolute atomic E-state index is 0.00338. The van der Waals surface area contributed by atoms with E-state index < -0.39 is 0 Å². The second-order valence-electron chi connectivity index (χ2n) is 9.37. The lowest BCUT2D eigenvalue weighted by Gasteiger charge is -2.23. The summed E-state index contributed by atoms with van der Waals surface area (Å²) in [6.45, 7) is 4.47. The number of aryl methyl sites for hydroxylation is 1. The summed E-state index contributed by atoms with van der Waals surface area (Å²) in [4.78, 5) is 31.9. The molecule has 180 valence electrons. The van der Waals surface area contributed by atoms with Gasteiger partial charge in [0.1, 0.15) is 11.9 Å². The van der Waals surface area contributed by atoms with Crippen molar-refractivity contribution < 1.29 is 4.79 Å². The number of nitriles is 1. The summed E-state index contributed by atoms with van der Waals surface area (Å²) in [5, 5.41) is 15.0. The van der Waals surface area contributed by atoms with Crippen molar-refractivity contribution >= 4 is 22.8 Å². The average molecular weight is 479 g/mol. The lowest BCUT2D eigenvalue weighted by atomic mass is 10.1. The molecule has 2 aliphatic rings. The highest BCUT2D eigenvalue weighted by Gasteiger charge is 2.31. The van der Waals surface area contributed by atoms with E-state index in [1.807, 2.05) is 36.1 Å². The van der Waals surface area contributed by atoms with E-state index in [2.05, 4.69) is 20.9 Å². The normalized spacial score (nSPS) is 16.1. The SMILES string of the molecule is Cc1nn(-c2ccccn2)c2nc(C3CC3)cc(C(=O)N3CCCN(c4ncccc4C#N)CC3)c12. The van der Waals surface area contributed by atoms with Gasteiger partial charge in [0.15, 0.2) is 11.5 Å². The molecule has 0 atom stereocenters. The van der Waals surface area contributed by atoms with E-state index in [9.17, 15) is 10.1 Å². The Balaban J connectivity index is 1.36. The fourth-order valence-corrected chi connectivity index (χ4v) is 4.94. The van der Waals surface area contributed by atoms with Crippen LogP contribution in [0.2, 0.25) is 0 Å². The Kier molecular flexibility index (Phi) is 5.56. The number of amides is 1. The Labute approximate surface area is 209 Å². The third-order valence-corrected chi connectivity index (χ3v) is 6.91. The van der Waals surface area contributed by atoms with Crippen LogP contribution in [0.4, 0.5) is 5.82 Å². The van der Waals surface area contributed by atoms with Crippen LogP contribution in [0.1, 0.15) is 52.5 Å². The van der Waals surface area contributed by atoms with Crippen LogP contribution < -0.4 is 4.90 Å². The Morgan fingerprint density at radius 1 is 1.06 bits per heavy atom. The number of carbonyl (C=O) groups is 1. The van der Waals surface area contributed by atoms with Crippen molar-refractivity contribution in [2.24, 2.45) is 0 Å². The number of nitrogens with zero attached hydrogens (tertiary/aromatic N) is 8. The van der Waals surface area contributed by atoms with E-state index in [0.29, 0.717) is 54.0 Å². The second kappa shape index (κ2) is 9.04. The predicted octanol–water partition coefficient (Wildman–Crippen LogP) is 3.62. The van der Waals surface area contributed by atoms with E-state index in [1.165, 1.54) is 0 Å². The highest BCUT2D eigenvalue weighted by atomic mass is 16.2. The minimum Gasteiger partial charge on any atom is -0.354 e. The molecule has 1 aliphatic heterocycles. The van der Waals surface area contributed by atoms with Gasteiger partial charge in [-0.15, -0.1) is 0 Å². The largest absolute Gasteiger partial charge is 0.354 e. The number of aromatic nitrogens is 5. The first kappa shape index (κ1) is 22.2. The maximum Gasteiger partial charge on any atom is 0.254 e. The molecule has 0 aromatic carbocycles. The van der Waals surface area contributed by atoms with Crippen LogP contribution in [-0.2, 0) is 0 Å². The van der Waals surface area contributed by atoms with E-state index >= 15 is 0 Å². The lowest BCUT2D eigenvalue weighted by molar-refractivity contribution is 0.0768. The monoisotopic (exact) mass is 478 g/mol. The predicted molar refractivity (Wildman–Crippen MR) is 135 cm³/mol. The Morgan fingerprint density at radius 3 is 2.69 bits per heavy atom. The fourth-order valence-electron chi connectivity index (χ4n) is 4.94. The van der Waals surface area contributed by atoms with Gasteiger partial charge >= 0.3 is 0 Å². The number of hydrogen-bond acceptors (Lipinski definition) is 7. The average Bonchev–Trinajstić information content (AvgIpc) is 3.75. The highest BCUT2D eigenvalue weighted by molar-refractivity contribution is 6.07. The van der Waals surface area contributed by atoms with Gasteiger partial charge in [0.2, 0.25) is 0 Å². The first-order valence-corrected chi connectivity index (χ1v) is 12.3. The summed E-state index contributed by atoms with van der Waals surface area (Å²) in [6.07, 6.45) is 6.42. The molecule has 1 saturated heterocycles. The van der Waals surface area contributed by atoms with E-state index in [1.54, 1.807) is 29.2 Å². The fraction of sp³-hybridized carbons (Fsp3) is 0.333.